The first-order valence-corrected chi connectivity index (χ1v) is 12.8. The van der Waals surface area contributed by atoms with Crippen molar-refractivity contribution in [2.45, 2.75) is 56.8 Å². The number of rotatable bonds is 5. The van der Waals surface area contributed by atoms with Crippen LogP contribution in [0.2, 0.25) is 0 Å². The Morgan fingerprint density at radius 2 is 2.00 bits per heavy atom. The van der Waals surface area contributed by atoms with Crippen LogP contribution >= 0.6 is 0 Å². The summed E-state index contributed by atoms with van der Waals surface area (Å²) < 4.78 is 20.8. The predicted molar refractivity (Wildman–Crippen MR) is 135 cm³/mol. The number of hydrogen-bond donors (Lipinski definition) is 3. The lowest BCUT2D eigenvalue weighted by Gasteiger charge is -2.36. The molecular formula is C27H28FN5O5. The molecule has 0 bridgehead atoms. The lowest BCUT2D eigenvalue weighted by Crippen LogP contribution is -2.52. The van der Waals surface area contributed by atoms with Gasteiger partial charge in [-0.1, -0.05) is 24.3 Å². The molecule has 198 valence electrons. The molecule has 2 aromatic rings. The highest BCUT2D eigenvalue weighted by Gasteiger charge is 2.41. The number of nitrogens with one attached hydrogen (secondary N) is 3. The number of piperidine rings is 1. The molecule has 3 heterocycles. The first-order chi connectivity index (χ1) is 18.3. The highest BCUT2D eigenvalue weighted by molar-refractivity contribution is 6.05. The Morgan fingerprint density at radius 1 is 1.18 bits per heavy atom. The standard InChI is InChI=1S/C27H28FN5O5/c1-32-13-30-19-4-2-3-18(24(19)32)16-9-17(10-16)38-27(37)29-11-14-5-6-15-12-33(26(36)22(15)23(14)28)20-7-8-21(34)31-25(20)35/h2-6,16-17,20,30H,7-13H2,1H3,(H,29,37)(H,31,34,35). The second-order valence-electron chi connectivity index (χ2n) is 10.3. The van der Waals surface area contributed by atoms with Gasteiger partial charge in [0.05, 0.1) is 23.6 Å². The highest BCUT2D eigenvalue weighted by Crippen LogP contribution is 2.46. The predicted octanol–water partition coefficient (Wildman–Crippen LogP) is 2.58. The van der Waals surface area contributed by atoms with Gasteiger partial charge in [-0.15, -0.1) is 0 Å². The van der Waals surface area contributed by atoms with Crippen molar-refractivity contribution in [3.8, 4) is 0 Å². The third kappa shape index (κ3) is 4.11. The molecule has 1 saturated heterocycles. The molecule has 3 aliphatic heterocycles. The van der Waals surface area contributed by atoms with Crippen LogP contribution in [-0.4, -0.2) is 54.6 Å². The van der Waals surface area contributed by atoms with Crippen LogP contribution in [0.5, 0.6) is 0 Å². The molecule has 0 radical (unpaired) electrons. The fourth-order valence-corrected chi connectivity index (χ4v) is 5.81. The molecule has 2 aromatic carbocycles. The molecule has 4 amide bonds. The van der Waals surface area contributed by atoms with E-state index in [2.05, 4.69) is 33.0 Å². The number of para-hydroxylation sites is 1. The van der Waals surface area contributed by atoms with Gasteiger partial charge in [0.2, 0.25) is 11.8 Å². The fourth-order valence-electron chi connectivity index (χ4n) is 5.81. The Balaban J connectivity index is 1.04. The smallest absolute Gasteiger partial charge is 0.407 e. The number of ether oxygens (including phenoxy) is 1. The van der Waals surface area contributed by atoms with E-state index >= 15 is 4.39 Å². The number of carbonyl (C=O) groups is 4. The number of alkyl carbamates (subject to hydrolysis) is 1. The second kappa shape index (κ2) is 9.30. The summed E-state index contributed by atoms with van der Waals surface area (Å²) >= 11 is 0. The topological polar surface area (TPSA) is 120 Å². The summed E-state index contributed by atoms with van der Waals surface area (Å²) in [5.74, 6) is -1.94. The molecule has 1 saturated carbocycles. The van der Waals surface area contributed by atoms with E-state index in [9.17, 15) is 19.2 Å². The molecule has 0 spiro atoms. The van der Waals surface area contributed by atoms with Gasteiger partial charge in [0.25, 0.3) is 5.91 Å². The van der Waals surface area contributed by atoms with Gasteiger partial charge in [0, 0.05) is 32.1 Å². The van der Waals surface area contributed by atoms with Crippen molar-refractivity contribution in [2.24, 2.45) is 0 Å². The normalized spacial score (nSPS) is 23.8. The van der Waals surface area contributed by atoms with E-state index in [4.69, 9.17) is 4.74 Å². The maximum absolute atomic E-state index is 15.3. The first kappa shape index (κ1) is 24.2. The van der Waals surface area contributed by atoms with Crippen LogP contribution in [0.25, 0.3) is 0 Å². The molecule has 6 rings (SSSR count). The number of nitrogens with zero attached hydrogens (tertiary/aromatic N) is 2. The van der Waals surface area contributed by atoms with E-state index in [1.807, 2.05) is 13.1 Å². The van der Waals surface area contributed by atoms with Crippen molar-refractivity contribution < 1.29 is 28.3 Å². The number of amides is 4. The summed E-state index contributed by atoms with van der Waals surface area (Å²) in [5.41, 5.74) is 4.07. The van der Waals surface area contributed by atoms with Crippen LogP contribution in [0.1, 0.15) is 58.6 Å². The van der Waals surface area contributed by atoms with Gasteiger partial charge in [-0.05, 0) is 42.4 Å². The van der Waals surface area contributed by atoms with E-state index in [0.717, 1.165) is 25.2 Å². The molecule has 1 aliphatic carbocycles. The maximum atomic E-state index is 15.3. The minimum atomic E-state index is -0.816. The molecule has 1 unspecified atom stereocenters. The third-order valence-corrected chi connectivity index (χ3v) is 7.90. The quantitative estimate of drug-likeness (QED) is 0.518. The van der Waals surface area contributed by atoms with Crippen LogP contribution in [0, 0.1) is 5.82 Å². The molecular weight excluding hydrogens is 493 g/mol. The van der Waals surface area contributed by atoms with Gasteiger partial charge in [0.1, 0.15) is 18.0 Å². The molecule has 1 atom stereocenters. The van der Waals surface area contributed by atoms with E-state index in [-0.39, 0.29) is 49.1 Å². The molecule has 2 fully saturated rings. The number of imide groups is 1. The van der Waals surface area contributed by atoms with Crippen molar-refractivity contribution >= 4 is 35.2 Å². The zero-order valence-corrected chi connectivity index (χ0v) is 20.9. The summed E-state index contributed by atoms with van der Waals surface area (Å²) in [6, 6.07) is 8.54. The zero-order chi connectivity index (χ0) is 26.6. The van der Waals surface area contributed by atoms with E-state index in [1.54, 1.807) is 6.07 Å². The average Bonchev–Trinajstić information content (AvgIpc) is 3.41. The second-order valence-corrected chi connectivity index (χ2v) is 10.3. The molecule has 0 aromatic heterocycles. The highest BCUT2D eigenvalue weighted by atomic mass is 19.1. The Labute approximate surface area is 218 Å². The van der Waals surface area contributed by atoms with E-state index in [1.165, 1.54) is 22.2 Å². The van der Waals surface area contributed by atoms with Crippen molar-refractivity contribution in [1.82, 2.24) is 15.5 Å². The molecule has 38 heavy (non-hydrogen) atoms. The van der Waals surface area contributed by atoms with Crippen LogP contribution < -0.4 is 20.9 Å². The van der Waals surface area contributed by atoms with Crippen molar-refractivity contribution in [3.05, 3.63) is 58.4 Å². The van der Waals surface area contributed by atoms with Crippen LogP contribution in [0.15, 0.2) is 30.3 Å². The summed E-state index contributed by atoms with van der Waals surface area (Å²) in [6.45, 7) is 0.718. The molecule has 10 nitrogen and oxygen atoms in total. The summed E-state index contributed by atoms with van der Waals surface area (Å²) in [4.78, 5) is 52.5. The summed E-state index contributed by atoms with van der Waals surface area (Å²) in [7, 11) is 2.04. The van der Waals surface area contributed by atoms with Gasteiger partial charge in [-0.2, -0.15) is 0 Å². The monoisotopic (exact) mass is 521 g/mol. The Bertz CT molecular complexity index is 1360. The van der Waals surface area contributed by atoms with Gasteiger partial charge in [0.15, 0.2) is 0 Å². The average molecular weight is 522 g/mol. The lowest BCUT2D eigenvalue weighted by molar-refractivity contribution is -0.136. The Morgan fingerprint density at radius 3 is 2.79 bits per heavy atom. The number of carbonyl (C=O) groups excluding carboxylic acids is 4. The molecule has 11 heteroatoms. The number of fused-ring (bicyclic) bond motifs is 2. The van der Waals surface area contributed by atoms with Crippen molar-refractivity contribution in [3.63, 3.8) is 0 Å². The van der Waals surface area contributed by atoms with Crippen molar-refractivity contribution in [1.29, 1.82) is 0 Å². The van der Waals surface area contributed by atoms with Gasteiger partial charge < -0.3 is 25.2 Å². The van der Waals surface area contributed by atoms with Crippen LogP contribution in [0.4, 0.5) is 20.6 Å². The first-order valence-electron chi connectivity index (χ1n) is 12.8. The fraction of sp³-hybridized carbons (Fsp3) is 0.407. The Hall–Kier alpha value is -4.15. The third-order valence-electron chi connectivity index (χ3n) is 7.90. The Kier molecular flexibility index (Phi) is 5.93. The largest absolute Gasteiger partial charge is 0.446 e. The van der Waals surface area contributed by atoms with Gasteiger partial charge >= 0.3 is 6.09 Å². The van der Waals surface area contributed by atoms with Crippen LogP contribution in [-0.2, 0) is 27.4 Å². The summed E-state index contributed by atoms with van der Waals surface area (Å²) in [5, 5.41) is 8.18. The van der Waals surface area contributed by atoms with Gasteiger partial charge in [-0.25, -0.2) is 9.18 Å². The lowest BCUT2D eigenvalue weighted by atomic mass is 9.76. The SMILES string of the molecule is CN1CNc2cccc(C3CC(OC(=O)NCc4ccc5c(c4F)C(=O)N(C4CCC(=O)NC4=O)C5)C3)c21. The van der Waals surface area contributed by atoms with E-state index < -0.39 is 29.8 Å². The maximum Gasteiger partial charge on any atom is 0.407 e. The van der Waals surface area contributed by atoms with Gasteiger partial charge in [-0.3, -0.25) is 19.7 Å². The number of hydrogen-bond acceptors (Lipinski definition) is 7. The summed E-state index contributed by atoms with van der Waals surface area (Å²) in [6.07, 6.45) is 0.908. The molecule has 3 N–H and O–H groups in total. The van der Waals surface area contributed by atoms with E-state index in [0.29, 0.717) is 11.5 Å². The zero-order valence-electron chi connectivity index (χ0n) is 20.9. The minimum absolute atomic E-state index is 0.0897. The molecule has 4 aliphatic rings. The number of benzene rings is 2. The van der Waals surface area contributed by atoms with Crippen LogP contribution in [0.3, 0.4) is 0 Å². The minimum Gasteiger partial charge on any atom is -0.446 e. The van der Waals surface area contributed by atoms with Crippen molar-refractivity contribution in [2.75, 3.05) is 23.9 Å². The number of halogens is 1. The number of anilines is 2.